The summed E-state index contributed by atoms with van der Waals surface area (Å²) in [5.41, 5.74) is 4.49. The molecular formula is C38H41BrO3. The molecule has 5 aromatic carbocycles. The topological polar surface area (TPSA) is 35.5 Å². The number of hydrogen-bond acceptors (Lipinski definition) is 3. The molecule has 0 aliphatic carbocycles. The Morgan fingerprint density at radius 2 is 1.29 bits per heavy atom. The van der Waals surface area contributed by atoms with Crippen LogP contribution in [0.2, 0.25) is 0 Å². The monoisotopic (exact) mass is 624 g/mol. The quantitative estimate of drug-likeness (QED) is 0.133. The van der Waals surface area contributed by atoms with Gasteiger partial charge < -0.3 is 9.47 Å². The van der Waals surface area contributed by atoms with Crippen LogP contribution in [0, 0.1) is 20.8 Å². The third-order valence-electron chi connectivity index (χ3n) is 5.74. The normalized spacial score (nSPS) is 9.55. The Hall–Kier alpha value is -4.15. The number of aryl methyl sites for hydroxylation is 3. The maximum absolute atomic E-state index is 10.4. The molecule has 0 saturated carbocycles. The van der Waals surface area contributed by atoms with E-state index in [1.54, 1.807) is 30.3 Å². The average molecular weight is 626 g/mol. The van der Waals surface area contributed by atoms with Gasteiger partial charge in [-0.3, -0.25) is 4.79 Å². The van der Waals surface area contributed by atoms with Gasteiger partial charge in [-0.05, 0) is 79.9 Å². The number of carbonyl (C=O) groups is 1. The smallest absolute Gasteiger partial charge is 0.150 e. The first kappa shape index (κ1) is 34.1. The molecule has 0 aromatic heterocycles. The molecule has 0 heterocycles. The number of benzene rings is 5. The second-order valence-electron chi connectivity index (χ2n) is 9.60. The summed E-state index contributed by atoms with van der Waals surface area (Å²) >= 11 is 3.35. The van der Waals surface area contributed by atoms with E-state index in [9.17, 15) is 4.79 Å². The van der Waals surface area contributed by atoms with Crippen molar-refractivity contribution in [3.8, 4) is 11.5 Å². The standard InChI is InChI=1S/C11H10.C10H10O2.C10H14O.C7H7Br/c1-9-6-7-10-4-2-3-5-11(10)8-9;1-2-6-12-10-5-3-4-9(7-10)8-11;1-3-7-11-10-6-4-5-9(2)8-10;1-6-2-4-7(8)5-3-6/h2-8H,1H3;2-5,7-8H,1,6H2;4-6,8H,3,7H2,1-2H3;2-5H,1H3. The highest BCUT2D eigenvalue weighted by atomic mass is 79.9. The molecule has 5 rings (SSSR count). The van der Waals surface area contributed by atoms with Gasteiger partial charge in [0.15, 0.2) is 0 Å². The number of hydrogen-bond donors (Lipinski definition) is 0. The lowest BCUT2D eigenvalue weighted by Crippen LogP contribution is -1.94. The lowest BCUT2D eigenvalue weighted by atomic mass is 10.1. The fourth-order valence-electron chi connectivity index (χ4n) is 3.60. The number of halogens is 1. The van der Waals surface area contributed by atoms with Gasteiger partial charge in [0.2, 0.25) is 0 Å². The zero-order valence-electron chi connectivity index (χ0n) is 25.1. The summed E-state index contributed by atoms with van der Waals surface area (Å²) < 4.78 is 11.8. The first-order valence-electron chi connectivity index (χ1n) is 14.0. The van der Waals surface area contributed by atoms with Crippen LogP contribution < -0.4 is 9.47 Å². The molecule has 3 nitrogen and oxygen atoms in total. The minimum Gasteiger partial charge on any atom is -0.494 e. The molecule has 0 aliphatic heterocycles. The van der Waals surface area contributed by atoms with E-state index in [0.717, 1.165) is 29.5 Å². The lowest BCUT2D eigenvalue weighted by Gasteiger charge is -2.03. The Morgan fingerprint density at radius 1 is 0.667 bits per heavy atom. The molecule has 0 unspecified atom stereocenters. The van der Waals surface area contributed by atoms with E-state index in [-0.39, 0.29) is 0 Å². The first-order valence-corrected chi connectivity index (χ1v) is 14.8. The Balaban J connectivity index is 0.000000197. The van der Waals surface area contributed by atoms with Crippen LogP contribution in [-0.4, -0.2) is 19.5 Å². The highest BCUT2D eigenvalue weighted by Crippen LogP contribution is 2.15. The van der Waals surface area contributed by atoms with Gasteiger partial charge in [0, 0.05) is 10.0 Å². The van der Waals surface area contributed by atoms with Gasteiger partial charge in [0.05, 0.1) is 6.61 Å². The molecule has 218 valence electrons. The Bertz CT molecular complexity index is 1470. The summed E-state index contributed by atoms with van der Waals surface area (Å²) in [6.07, 6.45) is 3.52. The molecule has 5 aromatic rings. The van der Waals surface area contributed by atoms with Gasteiger partial charge in [-0.25, -0.2) is 0 Å². The summed E-state index contributed by atoms with van der Waals surface area (Å²) in [5, 5.41) is 2.64. The van der Waals surface area contributed by atoms with Crippen molar-refractivity contribution in [1.82, 2.24) is 0 Å². The van der Waals surface area contributed by atoms with E-state index >= 15 is 0 Å². The van der Waals surface area contributed by atoms with Gasteiger partial charge in [0.1, 0.15) is 24.4 Å². The van der Waals surface area contributed by atoms with Crippen molar-refractivity contribution in [2.75, 3.05) is 13.2 Å². The Morgan fingerprint density at radius 3 is 1.90 bits per heavy atom. The van der Waals surface area contributed by atoms with Crippen LogP contribution in [0.15, 0.2) is 132 Å². The van der Waals surface area contributed by atoms with Crippen LogP contribution in [-0.2, 0) is 0 Å². The number of fused-ring (bicyclic) bond motifs is 1. The van der Waals surface area contributed by atoms with Crippen molar-refractivity contribution < 1.29 is 14.3 Å². The number of ether oxygens (including phenoxy) is 2. The minimum atomic E-state index is 0.461. The maximum Gasteiger partial charge on any atom is 0.150 e. The Kier molecular flexibility index (Phi) is 16.1. The lowest BCUT2D eigenvalue weighted by molar-refractivity contribution is 0.112. The van der Waals surface area contributed by atoms with Crippen LogP contribution in [0.5, 0.6) is 11.5 Å². The third kappa shape index (κ3) is 14.0. The molecule has 0 radical (unpaired) electrons. The molecule has 0 bridgehead atoms. The highest BCUT2D eigenvalue weighted by Gasteiger charge is 1.93. The molecule has 0 saturated heterocycles. The van der Waals surface area contributed by atoms with E-state index in [0.29, 0.717) is 17.9 Å². The van der Waals surface area contributed by atoms with Crippen molar-refractivity contribution in [2.45, 2.75) is 34.1 Å². The third-order valence-corrected chi connectivity index (χ3v) is 6.27. The molecule has 0 atom stereocenters. The largest absolute Gasteiger partial charge is 0.494 e. The summed E-state index contributed by atoms with van der Waals surface area (Å²) in [5.74, 6) is 1.67. The van der Waals surface area contributed by atoms with Crippen LogP contribution in [0.1, 0.15) is 40.4 Å². The zero-order valence-corrected chi connectivity index (χ0v) is 26.6. The van der Waals surface area contributed by atoms with E-state index in [2.05, 4.69) is 117 Å². The average Bonchev–Trinajstić information content (AvgIpc) is 3.01. The molecular weight excluding hydrogens is 584 g/mol. The van der Waals surface area contributed by atoms with Gasteiger partial charge in [-0.1, -0.05) is 125 Å². The van der Waals surface area contributed by atoms with Crippen LogP contribution in [0.4, 0.5) is 0 Å². The predicted octanol–water partition coefficient (Wildman–Crippen LogP) is 10.8. The summed E-state index contributed by atoms with van der Waals surface area (Å²) in [4.78, 5) is 10.4. The molecule has 0 N–H and O–H groups in total. The van der Waals surface area contributed by atoms with Gasteiger partial charge in [-0.2, -0.15) is 0 Å². The molecule has 0 amide bonds. The number of carbonyl (C=O) groups excluding carboxylic acids is 1. The maximum atomic E-state index is 10.4. The van der Waals surface area contributed by atoms with Crippen LogP contribution >= 0.6 is 15.9 Å². The number of rotatable bonds is 7. The second kappa shape index (κ2) is 19.8. The van der Waals surface area contributed by atoms with Crippen molar-refractivity contribution in [3.05, 3.63) is 155 Å². The molecule has 4 heteroatoms. The predicted molar refractivity (Wildman–Crippen MR) is 182 cm³/mol. The first-order chi connectivity index (χ1) is 20.3. The zero-order chi connectivity index (χ0) is 30.6. The molecule has 0 aliphatic rings. The van der Waals surface area contributed by atoms with Gasteiger partial charge >= 0.3 is 0 Å². The Labute approximate surface area is 260 Å². The van der Waals surface area contributed by atoms with E-state index in [4.69, 9.17) is 9.47 Å². The number of aldehydes is 1. The van der Waals surface area contributed by atoms with Crippen LogP contribution in [0.3, 0.4) is 0 Å². The fraction of sp³-hybridized carbons (Fsp3) is 0.184. The summed E-state index contributed by atoms with van der Waals surface area (Å²) in [7, 11) is 0. The summed E-state index contributed by atoms with van der Waals surface area (Å²) in [6, 6.07) is 38.3. The van der Waals surface area contributed by atoms with Gasteiger partial charge in [-0.15, -0.1) is 0 Å². The molecule has 0 fully saturated rings. The van der Waals surface area contributed by atoms with Gasteiger partial charge in [0.25, 0.3) is 0 Å². The molecule has 42 heavy (non-hydrogen) atoms. The van der Waals surface area contributed by atoms with Crippen molar-refractivity contribution in [1.29, 1.82) is 0 Å². The SMILES string of the molecule is C=CCOc1cccc(C=O)c1.CCCOc1cccc(C)c1.Cc1ccc(Br)cc1.Cc1ccc2ccccc2c1. The van der Waals surface area contributed by atoms with Crippen molar-refractivity contribution in [2.24, 2.45) is 0 Å². The summed E-state index contributed by atoms with van der Waals surface area (Å²) in [6.45, 7) is 13.2. The van der Waals surface area contributed by atoms with Crippen molar-refractivity contribution in [3.63, 3.8) is 0 Å². The van der Waals surface area contributed by atoms with Crippen LogP contribution in [0.25, 0.3) is 10.8 Å². The van der Waals surface area contributed by atoms with E-state index in [1.807, 2.05) is 24.3 Å². The van der Waals surface area contributed by atoms with E-state index < -0.39 is 0 Å². The highest BCUT2D eigenvalue weighted by molar-refractivity contribution is 9.10. The molecule has 0 spiro atoms. The van der Waals surface area contributed by atoms with E-state index in [1.165, 1.54) is 27.5 Å². The fourth-order valence-corrected chi connectivity index (χ4v) is 3.86. The second-order valence-corrected chi connectivity index (χ2v) is 10.5. The van der Waals surface area contributed by atoms with Crippen molar-refractivity contribution >= 4 is 33.0 Å². The minimum absolute atomic E-state index is 0.461.